The van der Waals surface area contributed by atoms with Gasteiger partial charge in [0.25, 0.3) is 0 Å². The molecule has 4 heterocycles. The van der Waals surface area contributed by atoms with Crippen molar-refractivity contribution in [1.29, 1.82) is 0 Å². The van der Waals surface area contributed by atoms with E-state index in [2.05, 4.69) is 20.6 Å². The number of rotatable bonds is 3. The maximum absolute atomic E-state index is 13.5. The summed E-state index contributed by atoms with van der Waals surface area (Å²) in [7, 11) is 0. The molecule has 0 saturated carbocycles. The maximum Gasteiger partial charge on any atom is 0.322 e. The van der Waals surface area contributed by atoms with Gasteiger partial charge in [0.1, 0.15) is 0 Å². The molecule has 10 nitrogen and oxygen atoms in total. The molecule has 0 radical (unpaired) electrons. The van der Waals surface area contributed by atoms with Crippen LogP contribution in [0.1, 0.15) is 36.7 Å². The fourth-order valence-corrected chi connectivity index (χ4v) is 4.30. The van der Waals surface area contributed by atoms with Crippen molar-refractivity contribution in [1.82, 2.24) is 24.8 Å². The summed E-state index contributed by atoms with van der Waals surface area (Å²) < 4.78 is 47.1. The summed E-state index contributed by atoms with van der Waals surface area (Å²) in [5, 5.41) is 10.7. The molecule has 2 aliphatic heterocycles. The van der Waals surface area contributed by atoms with Crippen LogP contribution < -0.4 is 10.2 Å². The quantitative estimate of drug-likeness (QED) is 0.584. The molecule has 13 heteroatoms. The van der Waals surface area contributed by atoms with Crippen LogP contribution in [0, 0.1) is 24.4 Å². The highest BCUT2D eigenvalue weighted by molar-refractivity contribution is 5.97. The highest BCUT2D eigenvalue weighted by Crippen LogP contribution is 2.34. The van der Waals surface area contributed by atoms with Crippen LogP contribution in [0.5, 0.6) is 0 Å². The smallest absolute Gasteiger partial charge is 0.322 e. The van der Waals surface area contributed by atoms with Gasteiger partial charge < -0.3 is 19.6 Å². The van der Waals surface area contributed by atoms with Crippen LogP contribution in [-0.4, -0.2) is 49.3 Å². The van der Waals surface area contributed by atoms with Gasteiger partial charge in [0, 0.05) is 43.6 Å². The number of anilines is 2. The number of amides is 3. The van der Waals surface area contributed by atoms with Gasteiger partial charge in [-0.3, -0.25) is 9.48 Å². The van der Waals surface area contributed by atoms with E-state index in [-0.39, 0.29) is 36.5 Å². The average molecular weight is 475 g/mol. The van der Waals surface area contributed by atoms with E-state index in [1.807, 2.05) is 0 Å². The molecule has 34 heavy (non-hydrogen) atoms. The second-order valence-corrected chi connectivity index (χ2v) is 8.40. The predicted molar refractivity (Wildman–Crippen MR) is 111 cm³/mol. The second kappa shape index (κ2) is 8.15. The summed E-state index contributed by atoms with van der Waals surface area (Å²) in [5.41, 5.74) is 1.00. The summed E-state index contributed by atoms with van der Waals surface area (Å²) in [6, 6.07) is 0.496. The molecule has 178 valence electrons. The van der Waals surface area contributed by atoms with Crippen molar-refractivity contribution in [2.45, 2.75) is 45.3 Å². The zero-order valence-corrected chi connectivity index (χ0v) is 18.3. The van der Waals surface area contributed by atoms with Crippen LogP contribution in [0.4, 0.5) is 29.3 Å². The molecule has 2 atom stereocenters. The first kappa shape index (κ1) is 21.9. The molecular weight excluding hydrogens is 455 g/mol. The Morgan fingerprint density at radius 1 is 1.21 bits per heavy atom. The van der Waals surface area contributed by atoms with Crippen molar-refractivity contribution in [2.75, 3.05) is 16.8 Å². The highest BCUT2D eigenvalue weighted by Gasteiger charge is 2.38. The third-order valence-electron chi connectivity index (χ3n) is 6.04. The first-order valence-electron chi connectivity index (χ1n) is 10.6. The Morgan fingerprint density at radius 2 is 1.94 bits per heavy atom. The Kier molecular flexibility index (Phi) is 5.25. The summed E-state index contributed by atoms with van der Waals surface area (Å²) in [6.45, 7) is 4.26. The maximum atomic E-state index is 13.5. The fraction of sp³-hybridized carbons (Fsp3) is 0.381. The lowest BCUT2D eigenvalue weighted by Gasteiger charge is -2.35. The van der Waals surface area contributed by atoms with Crippen LogP contribution in [0.2, 0.25) is 0 Å². The number of halogens is 3. The first-order valence-corrected chi connectivity index (χ1v) is 10.6. The highest BCUT2D eigenvalue weighted by atomic mass is 19.2. The van der Waals surface area contributed by atoms with Gasteiger partial charge in [0.2, 0.25) is 11.8 Å². The van der Waals surface area contributed by atoms with Gasteiger partial charge in [0.15, 0.2) is 23.3 Å². The average Bonchev–Trinajstić information content (AvgIpc) is 3.49. The monoisotopic (exact) mass is 475 g/mol. The van der Waals surface area contributed by atoms with Crippen molar-refractivity contribution in [3.05, 3.63) is 53.2 Å². The van der Waals surface area contributed by atoms with Crippen molar-refractivity contribution < 1.29 is 27.3 Å². The number of nitrogens with zero attached hydrogens (tertiary/aromatic N) is 6. The Labute approximate surface area is 191 Å². The Balaban J connectivity index is 1.36. The molecule has 1 saturated heterocycles. The number of aryl methyl sites for hydroxylation is 1. The summed E-state index contributed by atoms with van der Waals surface area (Å²) in [5.74, 6) is -3.89. The Hall–Kier alpha value is -3.90. The molecule has 1 aromatic carbocycles. The molecule has 2 aliphatic rings. The number of fused-ring (bicyclic) bond motifs is 1. The minimum Gasteiger partial charge on any atom is -0.340 e. The minimum atomic E-state index is -1.61. The molecule has 5 rings (SSSR count). The number of aromatic nitrogens is 4. The molecule has 0 aliphatic carbocycles. The molecule has 2 aromatic heterocycles. The van der Waals surface area contributed by atoms with Crippen LogP contribution in [0.25, 0.3) is 0 Å². The molecule has 3 amide bonds. The van der Waals surface area contributed by atoms with E-state index >= 15 is 0 Å². The topological polar surface area (TPSA) is 109 Å². The Morgan fingerprint density at radius 3 is 2.62 bits per heavy atom. The summed E-state index contributed by atoms with van der Waals surface area (Å²) in [6.07, 6.45) is 1.79. The van der Waals surface area contributed by atoms with Crippen molar-refractivity contribution in [2.24, 2.45) is 0 Å². The van der Waals surface area contributed by atoms with Crippen LogP contribution in [-0.2, 0) is 17.9 Å². The van der Waals surface area contributed by atoms with Gasteiger partial charge in [-0.15, -0.1) is 0 Å². The van der Waals surface area contributed by atoms with Crippen molar-refractivity contribution >= 4 is 23.3 Å². The van der Waals surface area contributed by atoms with Crippen LogP contribution >= 0.6 is 0 Å². The van der Waals surface area contributed by atoms with E-state index in [0.29, 0.717) is 48.3 Å². The first-order chi connectivity index (χ1) is 16.2. The van der Waals surface area contributed by atoms with Gasteiger partial charge in [-0.25, -0.2) is 18.0 Å². The van der Waals surface area contributed by atoms with Gasteiger partial charge >= 0.3 is 6.03 Å². The number of carbonyl (C=O) groups is 2. The molecular formula is C21H20F3N7O3. The molecule has 1 fully saturated rings. The second-order valence-electron chi connectivity index (χ2n) is 8.40. The number of benzene rings is 1. The number of hydrogen-bond donors (Lipinski definition) is 1. The van der Waals surface area contributed by atoms with Crippen LogP contribution in [0.15, 0.2) is 22.9 Å². The lowest BCUT2D eigenvalue weighted by atomic mass is 10.1. The predicted octanol–water partition coefficient (Wildman–Crippen LogP) is 2.95. The van der Waals surface area contributed by atoms with Gasteiger partial charge in [0.05, 0.1) is 36.7 Å². The van der Waals surface area contributed by atoms with Gasteiger partial charge in [-0.05, 0) is 6.92 Å². The number of nitrogens with one attached hydrogen (secondary N) is 1. The summed E-state index contributed by atoms with van der Waals surface area (Å²) >= 11 is 0. The van der Waals surface area contributed by atoms with Crippen LogP contribution in [0.3, 0.4) is 0 Å². The molecule has 0 bridgehead atoms. The third-order valence-corrected chi connectivity index (χ3v) is 6.04. The lowest BCUT2D eigenvalue weighted by Crippen LogP contribution is -2.47. The molecule has 1 N–H and O–H groups in total. The fourth-order valence-electron chi connectivity index (χ4n) is 4.30. The zero-order valence-electron chi connectivity index (χ0n) is 18.3. The van der Waals surface area contributed by atoms with E-state index in [0.717, 1.165) is 0 Å². The number of hydrogen-bond acceptors (Lipinski definition) is 6. The van der Waals surface area contributed by atoms with E-state index in [4.69, 9.17) is 4.52 Å². The van der Waals surface area contributed by atoms with Gasteiger partial charge in [-0.1, -0.05) is 5.16 Å². The molecule has 0 spiro atoms. The Bertz CT molecular complexity index is 1270. The normalized spacial score (nSPS) is 20.1. The molecule has 3 aromatic rings. The standard InChI is InChI=1S/C21H20F3N7O3/c1-10-7-31-17(9-29(10)21(33)27-13-4-14(22)19(24)15(23)5-13)16(6-25-31)30-8-12(3-18(30)32)20-26-11(2)34-28-20/h4-6,10,12H,3,7-9H2,1-2H3,(H,27,33). The van der Waals surface area contributed by atoms with Crippen molar-refractivity contribution in [3.8, 4) is 0 Å². The third kappa shape index (κ3) is 3.76. The van der Waals surface area contributed by atoms with E-state index in [1.54, 1.807) is 29.6 Å². The number of carbonyl (C=O) groups excluding carboxylic acids is 2. The number of urea groups is 1. The SMILES string of the molecule is Cc1nc(C2CC(=O)N(c3cnn4c3CN(C(=O)Nc3cc(F)c(F)c(F)c3)C(C)C4)C2)no1. The summed E-state index contributed by atoms with van der Waals surface area (Å²) in [4.78, 5) is 32.9. The lowest BCUT2D eigenvalue weighted by molar-refractivity contribution is -0.117. The minimum absolute atomic E-state index is 0.101. The molecule has 2 unspecified atom stereocenters. The largest absolute Gasteiger partial charge is 0.340 e. The van der Waals surface area contributed by atoms with Gasteiger partial charge in [-0.2, -0.15) is 10.1 Å². The zero-order chi connectivity index (χ0) is 24.1. The van der Waals surface area contributed by atoms with E-state index in [1.165, 1.54) is 4.90 Å². The van der Waals surface area contributed by atoms with E-state index < -0.39 is 23.5 Å². The van der Waals surface area contributed by atoms with Crippen molar-refractivity contribution in [3.63, 3.8) is 0 Å². The van der Waals surface area contributed by atoms with E-state index in [9.17, 15) is 22.8 Å².